The number of nitrogens with one attached hydrogen (secondary N) is 1. The van der Waals surface area contributed by atoms with Gasteiger partial charge in [-0.05, 0) is 17.0 Å². The van der Waals surface area contributed by atoms with Crippen molar-refractivity contribution in [2.75, 3.05) is 6.54 Å². The number of hydrogen-bond donors (Lipinski definition) is 1. The maximum Gasteiger partial charge on any atom is 0.409 e. The molecule has 0 saturated carbocycles. The molecule has 1 aliphatic heterocycles. The number of carbonyl (C=O) groups excluding carboxylic acids is 1. The fraction of sp³-hybridized carbons (Fsp3) is 0.267. The van der Waals surface area contributed by atoms with Crippen molar-refractivity contribution >= 4 is 28.3 Å². The van der Waals surface area contributed by atoms with E-state index >= 15 is 0 Å². The summed E-state index contributed by atoms with van der Waals surface area (Å²) < 4.78 is 40.8. The zero-order chi connectivity index (χ0) is 15.9. The summed E-state index contributed by atoms with van der Waals surface area (Å²) in [5.74, 6) is -0.416. The van der Waals surface area contributed by atoms with Crippen LogP contribution in [0.4, 0.5) is 13.2 Å². The first-order valence-corrected chi connectivity index (χ1v) is 7.05. The van der Waals surface area contributed by atoms with Crippen LogP contribution in [0.15, 0.2) is 36.4 Å². The summed E-state index contributed by atoms with van der Waals surface area (Å²) in [5, 5.41) is 2.17. The second kappa shape index (κ2) is 5.44. The molecule has 2 aromatic rings. The van der Waals surface area contributed by atoms with Gasteiger partial charge in [-0.15, -0.1) is 0 Å². The van der Waals surface area contributed by atoms with Gasteiger partial charge in [0, 0.05) is 23.4 Å². The monoisotopic (exact) mass is 328 g/mol. The summed E-state index contributed by atoms with van der Waals surface area (Å²) in [6.45, 7) is 0.00382. The van der Waals surface area contributed by atoms with Crippen LogP contribution in [0, 0.1) is 0 Å². The van der Waals surface area contributed by atoms with Crippen LogP contribution in [-0.2, 0) is 4.79 Å². The van der Waals surface area contributed by atoms with Crippen molar-refractivity contribution < 1.29 is 18.0 Å². The number of hydrazine groups is 1. The second-order valence-electron chi connectivity index (χ2n) is 5.11. The van der Waals surface area contributed by atoms with Gasteiger partial charge >= 0.3 is 6.18 Å². The summed E-state index contributed by atoms with van der Waals surface area (Å²) in [4.78, 5) is 11.3. The molecule has 0 bridgehead atoms. The minimum atomic E-state index is -4.54. The number of hydrogen-bond acceptors (Lipinski definition) is 2. The van der Waals surface area contributed by atoms with Gasteiger partial charge in [-0.1, -0.05) is 41.9 Å². The summed E-state index contributed by atoms with van der Waals surface area (Å²) in [6.07, 6.45) is -4.49. The van der Waals surface area contributed by atoms with Crippen LogP contribution in [0.1, 0.15) is 18.0 Å². The highest BCUT2D eigenvalue weighted by molar-refractivity contribution is 6.35. The lowest BCUT2D eigenvalue weighted by Crippen LogP contribution is -2.43. The molecular weight excluding hydrogens is 317 g/mol. The number of amides is 1. The molecular formula is C15H12ClF3N2O. The van der Waals surface area contributed by atoms with Crippen LogP contribution in [0.2, 0.25) is 5.02 Å². The number of carbonyl (C=O) groups is 1. The van der Waals surface area contributed by atoms with E-state index in [2.05, 4.69) is 5.43 Å². The van der Waals surface area contributed by atoms with Gasteiger partial charge in [0.15, 0.2) is 6.04 Å². The average molecular weight is 329 g/mol. The molecule has 3 nitrogen and oxygen atoms in total. The van der Waals surface area contributed by atoms with E-state index in [0.29, 0.717) is 10.8 Å². The van der Waals surface area contributed by atoms with E-state index in [4.69, 9.17) is 11.6 Å². The normalized spacial score (nSPS) is 17.7. The molecule has 0 radical (unpaired) electrons. The lowest BCUT2D eigenvalue weighted by molar-refractivity contribution is -0.190. The Balaban J connectivity index is 2.19. The van der Waals surface area contributed by atoms with Crippen LogP contribution in [0.5, 0.6) is 0 Å². The van der Waals surface area contributed by atoms with Crippen molar-refractivity contribution in [1.29, 1.82) is 0 Å². The van der Waals surface area contributed by atoms with Crippen molar-refractivity contribution in [3.05, 3.63) is 47.0 Å². The first-order valence-electron chi connectivity index (χ1n) is 6.68. The van der Waals surface area contributed by atoms with Gasteiger partial charge in [0.2, 0.25) is 5.91 Å². The molecule has 116 valence electrons. The summed E-state index contributed by atoms with van der Waals surface area (Å²) in [7, 11) is 0. The highest BCUT2D eigenvalue weighted by Crippen LogP contribution is 2.42. The van der Waals surface area contributed by atoms with Gasteiger partial charge in [0.25, 0.3) is 0 Å². The zero-order valence-electron chi connectivity index (χ0n) is 11.3. The van der Waals surface area contributed by atoms with Crippen LogP contribution >= 0.6 is 11.6 Å². The molecule has 3 rings (SSSR count). The van der Waals surface area contributed by atoms with Gasteiger partial charge in [0.05, 0.1) is 0 Å². The maximum absolute atomic E-state index is 13.6. The van der Waals surface area contributed by atoms with E-state index in [0.717, 1.165) is 5.01 Å². The molecule has 1 atom stereocenters. The summed E-state index contributed by atoms with van der Waals surface area (Å²) in [6, 6.07) is 7.70. The number of alkyl halides is 3. The molecule has 1 aliphatic rings. The Morgan fingerprint density at radius 2 is 1.86 bits per heavy atom. The Morgan fingerprint density at radius 1 is 1.18 bits per heavy atom. The quantitative estimate of drug-likeness (QED) is 0.908. The number of halogens is 4. The molecule has 1 saturated heterocycles. The van der Waals surface area contributed by atoms with E-state index in [1.165, 1.54) is 6.07 Å². The highest BCUT2D eigenvalue weighted by atomic mass is 35.5. The molecule has 1 fully saturated rings. The standard InChI is InChI=1S/C15H12ClF3N2O/c16-11-6-2-4-9-3-1-5-10(13(9)11)14(15(17,18)19)21-8-7-12(22)20-21/h1-6,14H,7-8H2,(H,20,22). The van der Waals surface area contributed by atoms with E-state index in [1.54, 1.807) is 30.3 Å². The Kier molecular flexibility index (Phi) is 3.74. The van der Waals surface area contributed by atoms with Crippen LogP contribution in [-0.4, -0.2) is 23.6 Å². The Hall–Kier alpha value is -1.79. The Morgan fingerprint density at radius 3 is 2.45 bits per heavy atom. The molecule has 1 amide bonds. The SMILES string of the molecule is O=C1CCN(C(c2cccc3cccc(Cl)c23)C(F)(F)F)N1. The zero-order valence-corrected chi connectivity index (χ0v) is 12.1. The largest absolute Gasteiger partial charge is 0.409 e. The van der Waals surface area contributed by atoms with Crippen molar-refractivity contribution in [1.82, 2.24) is 10.4 Å². The maximum atomic E-state index is 13.6. The number of nitrogens with zero attached hydrogens (tertiary/aromatic N) is 1. The first-order chi connectivity index (χ1) is 10.4. The van der Waals surface area contributed by atoms with Gasteiger partial charge < -0.3 is 0 Å². The topological polar surface area (TPSA) is 32.3 Å². The summed E-state index contributed by atoms with van der Waals surface area (Å²) in [5.41, 5.74) is 2.31. The Labute approximate surface area is 129 Å². The van der Waals surface area contributed by atoms with E-state index in [9.17, 15) is 18.0 Å². The molecule has 7 heteroatoms. The molecule has 1 unspecified atom stereocenters. The van der Waals surface area contributed by atoms with Gasteiger partial charge in [0.1, 0.15) is 0 Å². The lowest BCUT2D eigenvalue weighted by Gasteiger charge is -2.30. The third-order valence-electron chi connectivity index (χ3n) is 3.65. The molecule has 22 heavy (non-hydrogen) atoms. The minimum absolute atomic E-state index is 0.00382. The van der Waals surface area contributed by atoms with Crippen molar-refractivity contribution in [2.24, 2.45) is 0 Å². The Bertz CT molecular complexity index is 727. The average Bonchev–Trinajstić information content (AvgIpc) is 2.84. The van der Waals surface area contributed by atoms with Crippen molar-refractivity contribution in [3.63, 3.8) is 0 Å². The summed E-state index contributed by atoms with van der Waals surface area (Å²) >= 11 is 6.12. The number of rotatable bonds is 2. The van der Waals surface area contributed by atoms with Gasteiger partial charge in [-0.2, -0.15) is 13.2 Å². The number of benzene rings is 2. The smallest absolute Gasteiger partial charge is 0.288 e. The van der Waals surface area contributed by atoms with Gasteiger partial charge in [-0.3, -0.25) is 10.2 Å². The molecule has 0 aliphatic carbocycles. The highest BCUT2D eigenvalue weighted by Gasteiger charge is 2.47. The van der Waals surface area contributed by atoms with E-state index in [-0.39, 0.29) is 23.6 Å². The van der Waals surface area contributed by atoms with Crippen molar-refractivity contribution in [3.8, 4) is 0 Å². The lowest BCUT2D eigenvalue weighted by atomic mass is 9.98. The van der Waals surface area contributed by atoms with Crippen LogP contribution < -0.4 is 5.43 Å². The van der Waals surface area contributed by atoms with E-state index in [1.807, 2.05) is 0 Å². The molecule has 1 heterocycles. The molecule has 2 aromatic carbocycles. The molecule has 1 N–H and O–H groups in total. The van der Waals surface area contributed by atoms with Crippen molar-refractivity contribution in [2.45, 2.75) is 18.6 Å². The first kappa shape index (κ1) is 15.1. The second-order valence-corrected chi connectivity index (χ2v) is 5.51. The number of fused-ring (bicyclic) bond motifs is 1. The van der Waals surface area contributed by atoms with Crippen LogP contribution in [0.25, 0.3) is 10.8 Å². The van der Waals surface area contributed by atoms with Crippen LogP contribution in [0.3, 0.4) is 0 Å². The predicted molar refractivity (Wildman–Crippen MR) is 77.2 cm³/mol. The van der Waals surface area contributed by atoms with Gasteiger partial charge in [-0.25, -0.2) is 5.01 Å². The third kappa shape index (κ3) is 2.64. The molecule has 0 spiro atoms. The fourth-order valence-corrected chi connectivity index (χ4v) is 3.05. The third-order valence-corrected chi connectivity index (χ3v) is 3.97. The predicted octanol–water partition coefficient (Wildman–Crippen LogP) is 3.83. The fourth-order valence-electron chi connectivity index (χ4n) is 2.76. The molecule has 0 aromatic heterocycles. The van der Waals surface area contributed by atoms with E-state index < -0.39 is 18.1 Å². The minimum Gasteiger partial charge on any atom is -0.288 e.